The van der Waals surface area contributed by atoms with Crippen molar-refractivity contribution in [3.8, 4) is 0 Å². The number of hydrogen-bond acceptors (Lipinski definition) is 3. The molecular formula is C16H18BrN3. The zero-order valence-electron chi connectivity index (χ0n) is 11.6. The summed E-state index contributed by atoms with van der Waals surface area (Å²) < 4.78 is 1.10. The Balaban J connectivity index is 1.91. The van der Waals surface area contributed by atoms with Crippen LogP contribution in [0.3, 0.4) is 0 Å². The standard InChI is InChI=1S/C16H18BrN3/c1-18-16-13-4-2-3-5-14(13)19-15(20-16)10-11-6-8-12(17)9-7-11/h6-9H,2-5,10H2,1H3,(H,18,19,20). The van der Waals surface area contributed by atoms with E-state index in [2.05, 4.69) is 50.5 Å². The van der Waals surface area contributed by atoms with E-state index in [-0.39, 0.29) is 0 Å². The van der Waals surface area contributed by atoms with Crippen LogP contribution >= 0.6 is 15.9 Å². The molecule has 0 unspecified atom stereocenters. The van der Waals surface area contributed by atoms with Gasteiger partial charge in [-0.15, -0.1) is 0 Å². The van der Waals surface area contributed by atoms with Gasteiger partial charge in [0.25, 0.3) is 0 Å². The lowest BCUT2D eigenvalue weighted by Crippen LogP contribution is -2.13. The average Bonchev–Trinajstić information content (AvgIpc) is 2.49. The van der Waals surface area contributed by atoms with E-state index in [1.807, 2.05) is 7.05 Å². The monoisotopic (exact) mass is 331 g/mol. The highest BCUT2D eigenvalue weighted by molar-refractivity contribution is 9.10. The first-order valence-corrected chi connectivity index (χ1v) is 7.86. The van der Waals surface area contributed by atoms with Gasteiger partial charge in [0.1, 0.15) is 11.6 Å². The van der Waals surface area contributed by atoms with Gasteiger partial charge in [-0.05, 0) is 43.4 Å². The average molecular weight is 332 g/mol. The molecule has 0 saturated carbocycles. The third kappa shape index (κ3) is 2.85. The second-order valence-electron chi connectivity index (χ2n) is 5.17. The van der Waals surface area contributed by atoms with Crippen LogP contribution in [-0.2, 0) is 19.3 Å². The molecule has 0 atom stereocenters. The first-order chi connectivity index (χ1) is 9.76. The van der Waals surface area contributed by atoms with Crippen LogP contribution in [0.1, 0.15) is 35.5 Å². The van der Waals surface area contributed by atoms with Crippen molar-refractivity contribution in [2.45, 2.75) is 32.1 Å². The molecule has 4 heteroatoms. The number of nitrogens with one attached hydrogen (secondary N) is 1. The topological polar surface area (TPSA) is 37.8 Å². The molecule has 0 aliphatic heterocycles. The fourth-order valence-corrected chi connectivity index (χ4v) is 2.98. The Morgan fingerprint density at radius 2 is 1.85 bits per heavy atom. The van der Waals surface area contributed by atoms with Crippen LogP contribution < -0.4 is 5.32 Å². The van der Waals surface area contributed by atoms with E-state index < -0.39 is 0 Å². The molecule has 3 rings (SSSR count). The lowest BCUT2D eigenvalue weighted by molar-refractivity contribution is 0.657. The number of nitrogens with zero attached hydrogens (tertiary/aromatic N) is 2. The molecule has 1 aliphatic carbocycles. The summed E-state index contributed by atoms with van der Waals surface area (Å²) in [5.74, 6) is 1.93. The van der Waals surface area contributed by atoms with Crippen molar-refractivity contribution >= 4 is 21.7 Å². The van der Waals surface area contributed by atoms with Crippen molar-refractivity contribution in [3.05, 3.63) is 51.4 Å². The molecule has 1 heterocycles. The van der Waals surface area contributed by atoms with Crippen LogP contribution in [-0.4, -0.2) is 17.0 Å². The second kappa shape index (κ2) is 5.92. The molecule has 104 valence electrons. The van der Waals surface area contributed by atoms with Crippen molar-refractivity contribution in [2.75, 3.05) is 12.4 Å². The normalized spacial score (nSPS) is 13.9. The zero-order valence-corrected chi connectivity index (χ0v) is 13.2. The number of anilines is 1. The van der Waals surface area contributed by atoms with Gasteiger partial charge < -0.3 is 5.32 Å². The smallest absolute Gasteiger partial charge is 0.135 e. The van der Waals surface area contributed by atoms with Gasteiger partial charge in [-0.25, -0.2) is 9.97 Å². The Labute approximate surface area is 128 Å². The predicted octanol–water partition coefficient (Wildman–Crippen LogP) is 3.75. The summed E-state index contributed by atoms with van der Waals surface area (Å²) in [6.45, 7) is 0. The van der Waals surface area contributed by atoms with Crippen molar-refractivity contribution < 1.29 is 0 Å². The molecule has 2 aromatic rings. The summed E-state index contributed by atoms with van der Waals surface area (Å²) in [5.41, 5.74) is 3.80. The largest absolute Gasteiger partial charge is 0.373 e. The maximum absolute atomic E-state index is 4.78. The van der Waals surface area contributed by atoms with Gasteiger partial charge in [-0.2, -0.15) is 0 Å². The first kappa shape index (κ1) is 13.6. The number of benzene rings is 1. The van der Waals surface area contributed by atoms with E-state index in [0.717, 1.165) is 35.4 Å². The third-order valence-corrected chi connectivity index (χ3v) is 4.27. The predicted molar refractivity (Wildman–Crippen MR) is 85.2 cm³/mol. The van der Waals surface area contributed by atoms with E-state index in [1.165, 1.54) is 29.7 Å². The molecule has 0 amide bonds. The maximum atomic E-state index is 4.78. The summed E-state index contributed by atoms with van der Waals surface area (Å²) in [6.07, 6.45) is 5.46. The molecule has 1 aliphatic rings. The number of fused-ring (bicyclic) bond motifs is 1. The molecule has 1 aromatic carbocycles. The van der Waals surface area contributed by atoms with Crippen LogP contribution in [0.2, 0.25) is 0 Å². The quantitative estimate of drug-likeness (QED) is 0.930. The first-order valence-electron chi connectivity index (χ1n) is 7.07. The van der Waals surface area contributed by atoms with Gasteiger partial charge in [0.2, 0.25) is 0 Å². The van der Waals surface area contributed by atoms with Gasteiger partial charge in [0.05, 0.1) is 0 Å². The van der Waals surface area contributed by atoms with Crippen LogP contribution in [0.4, 0.5) is 5.82 Å². The van der Waals surface area contributed by atoms with Gasteiger partial charge in [-0.1, -0.05) is 28.1 Å². The minimum atomic E-state index is 0.787. The Morgan fingerprint density at radius 3 is 2.60 bits per heavy atom. The molecule has 0 bridgehead atoms. The third-order valence-electron chi connectivity index (χ3n) is 3.74. The Bertz CT molecular complexity index is 591. The molecule has 1 aromatic heterocycles. The van der Waals surface area contributed by atoms with E-state index >= 15 is 0 Å². The van der Waals surface area contributed by atoms with Gasteiger partial charge in [-0.3, -0.25) is 0 Å². The van der Waals surface area contributed by atoms with Crippen LogP contribution in [0.15, 0.2) is 28.7 Å². The summed E-state index contributed by atoms with van der Waals surface area (Å²) in [7, 11) is 1.95. The molecule has 1 N–H and O–H groups in total. The Kier molecular flexibility index (Phi) is 4.01. The Hall–Kier alpha value is -1.42. The molecule has 0 radical (unpaired) electrons. The van der Waals surface area contributed by atoms with Crippen LogP contribution in [0.5, 0.6) is 0 Å². The minimum absolute atomic E-state index is 0.787. The van der Waals surface area contributed by atoms with E-state index in [0.29, 0.717) is 0 Å². The van der Waals surface area contributed by atoms with Crippen molar-refractivity contribution in [3.63, 3.8) is 0 Å². The summed E-state index contributed by atoms with van der Waals surface area (Å²) in [5, 5.41) is 3.23. The minimum Gasteiger partial charge on any atom is -0.373 e. The maximum Gasteiger partial charge on any atom is 0.135 e. The SMILES string of the molecule is CNc1nc(Cc2ccc(Br)cc2)nc2c1CCCC2. The van der Waals surface area contributed by atoms with Crippen LogP contribution in [0, 0.1) is 0 Å². The zero-order chi connectivity index (χ0) is 13.9. The fourth-order valence-electron chi connectivity index (χ4n) is 2.72. The van der Waals surface area contributed by atoms with E-state index in [1.54, 1.807) is 0 Å². The molecule has 3 nitrogen and oxygen atoms in total. The number of hydrogen-bond donors (Lipinski definition) is 1. The van der Waals surface area contributed by atoms with Gasteiger partial charge in [0, 0.05) is 29.2 Å². The molecular weight excluding hydrogens is 314 g/mol. The van der Waals surface area contributed by atoms with Crippen molar-refractivity contribution in [2.24, 2.45) is 0 Å². The van der Waals surface area contributed by atoms with Crippen molar-refractivity contribution in [1.29, 1.82) is 0 Å². The Morgan fingerprint density at radius 1 is 1.10 bits per heavy atom. The van der Waals surface area contributed by atoms with Gasteiger partial charge >= 0.3 is 0 Å². The number of rotatable bonds is 3. The lowest BCUT2D eigenvalue weighted by Gasteiger charge is -2.18. The highest BCUT2D eigenvalue weighted by atomic mass is 79.9. The fraction of sp³-hybridized carbons (Fsp3) is 0.375. The lowest BCUT2D eigenvalue weighted by atomic mass is 9.96. The highest BCUT2D eigenvalue weighted by Crippen LogP contribution is 2.25. The molecule has 0 spiro atoms. The number of aryl methyl sites for hydroxylation is 1. The highest BCUT2D eigenvalue weighted by Gasteiger charge is 2.17. The second-order valence-corrected chi connectivity index (χ2v) is 6.09. The van der Waals surface area contributed by atoms with Gasteiger partial charge in [0.15, 0.2) is 0 Å². The van der Waals surface area contributed by atoms with E-state index in [9.17, 15) is 0 Å². The van der Waals surface area contributed by atoms with E-state index in [4.69, 9.17) is 4.98 Å². The molecule has 20 heavy (non-hydrogen) atoms. The van der Waals surface area contributed by atoms with Crippen molar-refractivity contribution in [1.82, 2.24) is 9.97 Å². The summed E-state index contributed by atoms with van der Waals surface area (Å²) in [6, 6.07) is 8.36. The number of aromatic nitrogens is 2. The summed E-state index contributed by atoms with van der Waals surface area (Å²) >= 11 is 3.46. The number of halogens is 1. The summed E-state index contributed by atoms with van der Waals surface area (Å²) in [4.78, 5) is 9.47. The van der Waals surface area contributed by atoms with Crippen LogP contribution in [0.25, 0.3) is 0 Å². The molecule has 0 saturated heterocycles. The molecule has 0 fully saturated rings.